The molecular weight excluding hydrogens is 426 g/mol. The lowest BCUT2D eigenvalue weighted by atomic mass is 9.75. The van der Waals surface area contributed by atoms with Crippen LogP contribution in [0.2, 0.25) is 0 Å². The Labute approximate surface area is 192 Å². The molecule has 0 bridgehead atoms. The highest BCUT2D eigenvalue weighted by Gasteiger charge is 2.43. The van der Waals surface area contributed by atoms with Gasteiger partial charge in [0, 0.05) is 0 Å². The van der Waals surface area contributed by atoms with Crippen molar-refractivity contribution in [2.75, 3.05) is 13.2 Å². The maximum Gasteiger partial charge on any atom is 0.327 e. The van der Waals surface area contributed by atoms with Crippen molar-refractivity contribution < 1.29 is 33.8 Å². The van der Waals surface area contributed by atoms with E-state index in [1.54, 1.807) is 69.3 Å². The molecule has 0 saturated heterocycles. The Balaban J connectivity index is 2.47. The number of nitrogens with one attached hydrogen (secondary N) is 1. The van der Waals surface area contributed by atoms with Crippen LogP contribution in [0.5, 0.6) is 0 Å². The van der Waals surface area contributed by atoms with E-state index in [0.717, 1.165) is 0 Å². The number of hydrogen-bond acceptors (Lipinski definition) is 6. The van der Waals surface area contributed by atoms with Gasteiger partial charge in [-0.3, -0.25) is 14.4 Å². The van der Waals surface area contributed by atoms with E-state index in [9.17, 15) is 24.3 Å². The Hall–Kier alpha value is -3.68. The minimum absolute atomic E-state index is 0.00973. The van der Waals surface area contributed by atoms with Crippen LogP contribution in [0.4, 0.5) is 0 Å². The van der Waals surface area contributed by atoms with Gasteiger partial charge < -0.3 is 19.9 Å². The van der Waals surface area contributed by atoms with Gasteiger partial charge >= 0.3 is 17.9 Å². The third-order valence-corrected chi connectivity index (χ3v) is 5.39. The first-order valence-electron chi connectivity index (χ1n) is 10.7. The number of aliphatic carboxylic acids is 1. The van der Waals surface area contributed by atoms with E-state index in [4.69, 9.17) is 9.47 Å². The Kier molecular flexibility index (Phi) is 9.15. The second kappa shape index (κ2) is 11.8. The standard InChI is InChI=1S/C25H29NO7/c1-4-32-20(27)16-19(23(30)33-5-2)21(22(28)29)26-24(31)25(3,17-12-8-6-9-13-17)18-14-10-7-11-15-18/h6-15,19,21H,4-5,16H2,1-3H3,(H,26,31)(H,28,29)/t19-,21-/m0/s1. The Bertz CT molecular complexity index is 920. The quantitative estimate of drug-likeness (QED) is 0.500. The summed E-state index contributed by atoms with van der Waals surface area (Å²) in [6.07, 6.45) is -0.544. The van der Waals surface area contributed by atoms with Crippen molar-refractivity contribution in [2.24, 2.45) is 5.92 Å². The summed E-state index contributed by atoms with van der Waals surface area (Å²) in [6, 6.07) is 16.1. The molecule has 176 valence electrons. The van der Waals surface area contributed by atoms with Gasteiger partial charge in [-0.1, -0.05) is 60.7 Å². The van der Waals surface area contributed by atoms with Gasteiger partial charge in [-0.15, -0.1) is 0 Å². The van der Waals surface area contributed by atoms with Crippen LogP contribution in [0, 0.1) is 5.92 Å². The number of benzene rings is 2. The molecule has 0 heterocycles. The summed E-state index contributed by atoms with van der Waals surface area (Å²) in [5.41, 5.74) is 0.00569. The zero-order chi connectivity index (χ0) is 24.4. The number of carbonyl (C=O) groups is 4. The number of carboxylic acids is 1. The maximum atomic E-state index is 13.6. The van der Waals surface area contributed by atoms with Crippen molar-refractivity contribution in [3.05, 3.63) is 71.8 Å². The number of hydrogen-bond donors (Lipinski definition) is 2. The van der Waals surface area contributed by atoms with Crippen molar-refractivity contribution in [2.45, 2.75) is 38.6 Å². The summed E-state index contributed by atoms with van der Waals surface area (Å²) in [5, 5.41) is 12.4. The average Bonchev–Trinajstić information content (AvgIpc) is 2.81. The van der Waals surface area contributed by atoms with E-state index in [1.165, 1.54) is 0 Å². The van der Waals surface area contributed by atoms with Crippen molar-refractivity contribution in [3.63, 3.8) is 0 Å². The minimum atomic E-state index is -1.70. The highest BCUT2D eigenvalue weighted by molar-refractivity contribution is 5.96. The number of carboxylic acid groups (broad SMARTS) is 1. The van der Waals surface area contributed by atoms with Crippen molar-refractivity contribution in [1.29, 1.82) is 0 Å². The summed E-state index contributed by atoms with van der Waals surface area (Å²) in [7, 11) is 0. The lowest BCUT2D eigenvalue weighted by Crippen LogP contribution is -2.54. The first-order valence-corrected chi connectivity index (χ1v) is 10.7. The van der Waals surface area contributed by atoms with E-state index >= 15 is 0 Å². The molecule has 0 aliphatic carbocycles. The van der Waals surface area contributed by atoms with Crippen LogP contribution in [0.3, 0.4) is 0 Å². The molecule has 2 N–H and O–H groups in total. The second-order valence-electron chi connectivity index (χ2n) is 7.51. The molecule has 8 nitrogen and oxygen atoms in total. The molecule has 0 unspecified atom stereocenters. The van der Waals surface area contributed by atoms with Crippen LogP contribution in [0.25, 0.3) is 0 Å². The molecule has 2 aromatic carbocycles. The molecule has 0 fully saturated rings. The molecule has 0 radical (unpaired) electrons. The lowest BCUT2D eigenvalue weighted by Gasteiger charge is -2.32. The first-order chi connectivity index (χ1) is 15.7. The molecule has 2 rings (SSSR count). The fourth-order valence-corrected chi connectivity index (χ4v) is 3.58. The van der Waals surface area contributed by atoms with Crippen LogP contribution in [-0.4, -0.2) is 48.2 Å². The smallest absolute Gasteiger partial charge is 0.327 e. The molecule has 33 heavy (non-hydrogen) atoms. The molecule has 8 heteroatoms. The summed E-state index contributed by atoms with van der Waals surface area (Å²) in [4.78, 5) is 50.4. The normalized spacial score (nSPS) is 12.8. The van der Waals surface area contributed by atoms with E-state index < -0.39 is 47.6 Å². The van der Waals surface area contributed by atoms with Crippen LogP contribution < -0.4 is 5.32 Å². The van der Waals surface area contributed by atoms with Gasteiger partial charge in [0.15, 0.2) is 0 Å². The Morgan fingerprint density at radius 1 is 0.879 bits per heavy atom. The molecule has 0 aliphatic rings. The second-order valence-corrected chi connectivity index (χ2v) is 7.51. The van der Waals surface area contributed by atoms with Crippen molar-refractivity contribution in [3.8, 4) is 0 Å². The van der Waals surface area contributed by atoms with Gasteiger partial charge in [0.2, 0.25) is 5.91 Å². The molecule has 2 aromatic rings. The van der Waals surface area contributed by atoms with E-state index in [2.05, 4.69) is 5.32 Å². The van der Waals surface area contributed by atoms with Gasteiger partial charge in [0.1, 0.15) is 6.04 Å². The van der Waals surface area contributed by atoms with E-state index in [1.807, 2.05) is 12.1 Å². The van der Waals surface area contributed by atoms with Crippen molar-refractivity contribution in [1.82, 2.24) is 5.32 Å². The van der Waals surface area contributed by atoms with Crippen LogP contribution in [0.15, 0.2) is 60.7 Å². The molecular formula is C25H29NO7. The maximum absolute atomic E-state index is 13.6. The number of esters is 2. The zero-order valence-electron chi connectivity index (χ0n) is 18.9. The zero-order valence-corrected chi connectivity index (χ0v) is 18.9. The van der Waals surface area contributed by atoms with E-state index in [-0.39, 0.29) is 13.2 Å². The monoisotopic (exact) mass is 455 g/mol. The fraction of sp³-hybridized carbons (Fsp3) is 0.360. The van der Waals surface area contributed by atoms with E-state index in [0.29, 0.717) is 11.1 Å². The number of rotatable bonds is 11. The molecule has 0 aromatic heterocycles. The lowest BCUT2D eigenvalue weighted by molar-refractivity contribution is -0.160. The number of amides is 1. The number of carbonyl (C=O) groups excluding carboxylic acids is 3. The van der Waals surface area contributed by atoms with Crippen LogP contribution in [0.1, 0.15) is 38.3 Å². The highest BCUT2D eigenvalue weighted by atomic mass is 16.5. The largest absolute Gasteiger partial charge is 0.480 e. The first kappa shape index (κ1) is 25.6. The Morgan fingerprint density at radius 2 is 1.36 bits per heavy atom. The highest BCUT2D eigenvalue weighted by Crippen LogP contribution is 2.32. The third kappa shape index (κ3) is 6.19. The Morgan fingerprint density at radius 3 is 1.79 bits per heavy atom. The summed E-state index contributed by atoms with van der Waals surface area (Å²) in [6.45, 7) is 4.90. The predicted octanol–water partition coefficient (Wildman–Crippen LogP) is 2.69. The van der Waals surface area contributed by atoms with Crippen LogP contribution >= 0.6 is 0 Å². The van der Waals surface area contributed by atoms with Gasteiger partial charge in [-0.25, -0.2) is 4.79 Å². The summed E-state index contributed by atoms with van der Waals surface area (Å²) in [5.74, 6) is -5.22. The fourth-order valence-electron chi connectivity index (χ4n) is 3.58. The minimum Gasteiger partial charge on any atom is -0.480 e. The predicted molar refractivity (Wildman–Crippen MR) is 120 cm³/mol. The topological polar surface area (TPSA) is 119 Å². The summed E-state index contributed by atoms with van der Waals surface area (Å²) < 4.78 is 9.88. The van der Waals surface area contributed by atoms with Gasteiger partial charge in [-0.2, -0.15) is 0 Å². The molecule has 1 amide bonds. The van der Waals surface area contributed by atoms with Gasteiger partial charge in [0.25, 0.3) is 0 Å². The SMILES string of the molecule is CCOC(=O)C[C@H](C(=O)OCC)[C@H](NC(=O)C(C)(c1ccccc1)c1ccccc1)C(=O)O. The molecule has 2 atom stereocenters. The molecule has 0 spiro atoms. The summed E-state index contributed by atoms with van der Waals surface area (Å²) >= 11 is 0. The van der Waals surface area contributed by atoms with Gasteiger partial charge in [0.05, 0.1) is 31.0 Å². The number of ether oxygens (including phenoxy) is 2. The third-order valence-electron chi connectivity index (χ3n) is 5.39. The van der Waals surface area contributed by atoms with Crippen molar-refractivity contribution >= 4 is 23.8 Å². The molecule has 0 saturated carbocycles. The van der Waals surface area contributed by atoms with Gasteiger partial charge in [-0.05, 0) is 31.9 Å². The molecule has 0 aliphatic heterocycles. The van der Waals surface area contributed by atoms with Crippen LogP contribution in [-0.2, 0) is 34.1 Å². The average molecular weight is 456 g/mol.